The monoisotopic (exact) mass is 383 g/mol. The van der Waals surface area contributed by atoms with Crippen LogP contribution >= 0.6 is 23.2 Å². The summed E-state index contributed by atoms with van der Waals surface area (Å²) in [5, 5.41) is 3.53. The first-order chi connectivity index (χ1) is 11.8. The molecule has 0 radical (unpaired) electrons. The zero-order valence-corrected chi connectivity index (χ0v) is 14.9. The average molecular weight is 384 g/mol. The molecule has 0 heterocycles. The Hall–Kier alpha value is -2.11. The molecule has 0 aliphatic rings. The lowest BCUT2D eigenvalue weighted by molar-refractivity contribution is -0.148. The summed E-state index contributed by atoms with van der Waals surface area (Å²) in [6.45, 7) is 1.38. The molecule has 0 fully saturated rings. The zero-order chi connectivity index (χ0) is 18.4. The van der Waals surface area contributed by atoms with Gasteiger partial charge in [0, 0.05) is 0 Å². The third kappa shape index (κ3) is 6.03. The van der Waals surface area contributed by atoms with Crippen LogP contribution in [0.1, 0.15) is 24.1 Å². The van der Waals surface area contributed by atoms with Crippen molar-refractivity contribution < 1.29 is 18.7 Å². The Morgan fingerprint density at radius 2 is 1.80 bits per heavy atom. The van der Waals surface area contributed by atoms with E-state index in [1.165, 1.54) is 24.3 Å². The Labute approximate surface area is 154 Å². The molecule has 2 aromatic rings. The number of amides is 1. The van der Waals surface area contributed by atoms with E-state index < -0.39 is 18.5 Å². The van der Waals surface area contributed by atoms with E-state index in [9.17, 15) is 14.0 Å². The zero-order valence-electron chi connectivity index (χ0n) is 13.4. The van der Waals surface area contributed by atoms with E-state index in [2.05, 4.69) is 5.32 Å². The summed E-state index contributed by atoms with van der Waals surface area (Å²) >= 11 is 11.8. The molecule has 0 aliphatic carbocycles. The van der Waals surface area contributed by atoms with Crippen molar-refractivity contribution in [1.29, 1.82) is 0 Å². The van der Waals surface area contributed by atoms with Crippen LogP contribution in [0.2, 0.25) is 10.0 Å². The maximum Gasteiger partial charge on any atom is 0.310 e. The lowest BCUT2D eigenvalue weighted by Gasteiger charge is -2.15. The Morgan fingerprint density at radius 1 is 1.12 bits per heavy atom. The highest BCUT2D eigenvalue weighted by Gasteiger charge is 2.13. The third-order valence-electron chi connectivity index (χ3n) is 3.45. The molecule has 7 heteroatoms. The van der Waals surface area contributed by atoms with Gasteiger partial charge in [-0.15, -0.1) is 0 Å². The summed E-state index contributed by atoms with van der Waals surface area (Å²) in [7, 11) is 0. The highest BCUT2D eigenvalue weighted by Crippen LogP contribution is 2.25. The van der Waals surface area contributed by atoms with Crippen molar-refractivity contribution >= 4 is 35.1 Å². The van der Waals surface area contributed by atoms with Crippen LogP contribution in [0.15, 0.2) is 42.5 Å². The molecular formula is C18H16Cl2FNO3. The molecule has 0 spiro atoms. The number of halogens is 3. The minimum atomic E-state index is -0.566. The molecular weight excluding hydrogens is 368 g/mol. The fraction of sp³-hybridized carbons (Fsp3) is 0.222. The van der Waals surface area contributed by atoms with Crippen LogP contribution in [0.25, 0.3) is 0 Å². The molecule has 2 rings (SSSR count). The van der Waals surface area contributed by atoms with Crippen molar-refractivity contribution in [2.45, 2.75) is 19.4 Å². The Kier molecular flexibility index (Phi) is 6.79. The summed E-state index contributed by atoms with van der Waals surface area (Å²) < 4.78 is 17.7. The Bertz CT molecular complexity index is 765. The number of hydrogen-bond acceptors (Lipinski definition) is 3. The van der Waals surface area contributed by atoms with E-state index in [1.54, 1.807) is 25.1 Å². The van der Waals surface area contributed by atoms with Crippen LogP contribution in [0.5, 0.6) is 0 Å². The standard InChI is InChI=1S/C18H16Cl2FNO3/c1-11(13-4-7-15(19)16(20)9-13)22-17(23)10-25-18(24)8-12-2-5-14(21)6-3-12/h2-7,9,11H,8,10H2,1H3,(H,22,23)/t11-/m0/s1. The molecule has 2 aromatic carbocycles. The predicted octanol–water partition coefficient (Wildman–Crippen LogP) is 4.10. The van der Waals surface area contributed by atoms with Gasteiger partial charge in [0.15, 0.2) is 6.61 Å². The topological polar surface area (TPSA) is 55.4 Å². The fourth-order valence-electron chi connectivity index (χ4n) is 2.11. The van der Waals surface area contributed by atoms with Gasteiger partial charge in [-0.25, -0.2) is 4.39 Å². The normalized spacial score (nSPS) is 11.7. The van der Waals surface area contributed by atoms with Crippen LogP contribution < -0.4 is 5.32 Å². The molecule has 1 atom stereocenters. The maximum absolute atomic E-state index is 12.8. The predicted molar refractivity (Wildman–Crippen MR) is 94.1 cm³/mol. The minimum Gasteiger partial charge on any atom is -0.455 e. The highest BCUT2D eigenvalue weighted by molar-refractivity contribution is 6.42. The third-order valence-corrected chi connectivity index (χ3v) is 4.19. The van der Waals surface area contributed by atoms with Gasteiger partial charge in [0.05, 0.1) is 22.5 Å². The number of esters is 1. The molecule has 1 amide bonds. The van der Waals surface area contributed by atoms with Gasteiger partial charge in [-0.05, 0) is 42.3 Å². The fourth-order valence-corrected chi connectivity index (χ4v) is 2.42. The number of nitrogens with one attached hydrogen (secondary N) is 1. The summed E-state index contributed by atoms with van der Waals surface area (Å²) in [4.78, 5) is 23.6. The molecule has 1 N–H and O–H groups in total. The van der Waals surface area contributed by atoms with Crippen molar-refractivity contribution in [1.82, 2.24) is 5.32 Å². The molecule has 0 saturated carbocycles. The molecule has 25 heavy (non-hydrogen) atoms. The SMILES string of the molecule is C[C@H](NC(=O)COC(=O)Cc1ccc(F)cc1)c1ccc(Cl)c(Cl)c1. The van der Waals surface area contributed by atoms with E-state index >= 15 is 0 Å². The van der Waals surface area contributed by atoms with Gasteiger partial charge in [0.1, 0.15) is 5.82 Å². The summed E-state index contributed by atoms with van der Waals surface area (Å²) in [5.74, 6) is -1.39. The van der Waals surface area contributed by atoms with Crippen molar-refractivity contribution in [3.63, 3.8) is 0 Å². The van der Waals surface area contributed by atoms with E-state index in [0.29, 0.717) is 15.6 Å². The number of ether oxygens (including phenoxy) is 1. The van der Waals surface area contributed by atoms with Gasteiger partial charge in [0.2, 0.25) is 0 Å². The summed E-state index contributed by atoms with van der Waals surface area (Å²) in [6.07, 6.45) is -0.0318. The lowest BCUT2D eigenvalue weighted by atomic mass is 10.1. The van der Waals surface area contributed by atoms with Gasteiger partial charge < -0.3 is 10.1 Å². The summed E-state index contributed by atoms with van der Waals surface area (Å²) in [6, 6.07) is 10.2. The quantitative estimate of drug-likeness (QED) is 0.764. The second kappa shape index (κ2) is 8.83. The number of carbonyl (C=O) groups excluding carboxylic acids is 2. The van der Waals surface area contributed by atoms with Crippen LogP contribution in [-0.2, 0) is 20.7 Å². The largest absolute Gasteiger partial charge is 0.455 e. The average Bonchev–Trinajstić information content (AvgIpc) is 2.57. The van der Waals surface area contributed by atoms with Crippen LogP contribution in [0.3, 0.4) is 0 Å². The van der Waals surface area contributed by atoms with E-state index in [1.807, 2.05) is 0 Å². The smallest absolute Gasteiger partial charge is 0.310 e. The van der Waals surface area contributed by atoms with Gasteiger partial charge in [-0.2, -0.15) is 0 Å². The molecule has 0 aromatic heterocycles. The molecule has 0 saturated heterocycles. The van der Waals surface area contributed by atoms with E-state index in [4.69, 9.17) is 27.9 Å². The second-order valence-corrected chi connectivity index (χ2v) is 6.24. The van der Waals surface area contributed by atoms with Crippen molar-refractivity contribution in [2.24, 2.45) is 0 Å². The molecule has 4 nitrogen and oxygen atoms in total. The number of rotatable bonds is 6. The molecule has 0 bridgehead atoms. The van der Waals surface area contributed by atoms with Crippen molar-refractivity contribution in [2.75, 3.05) is 6.61 Å². The maximum atomic E-state index is 12.8. The Morgan fingerprint density at radius 3 is 2.44 bits per heavy atom. The van der Waals surface area contributed by atoms with Crippen LogP contribution in [0, 0.1) is 5.82 Å². The first kappa shape index (κ1) is 19.2. The van der Waals surface area contributed by atoms with Gasteiger partial charge >= 0.3 is 5.97 Å². The number of benzene rings is 2. The molecule has 132 valence electrons. The van der Waals surface area contributed by atoms with Crippen LogP contribution in [0.4, 0.5) is 4.39 Å². The number of hydrogen-bond donors (Lipinski definition) is 1. The first-order valence-electron chi connectivity index (χ1n) is 7.49. The summed E-state index contributed by atoms with van der Waals surface area (Å²) in [5.41, 5.74) is 1.39. The molecule has 0 aliphatic heterocycles. The van der Waals surface area contributed by atoms with E-state index in [-0.39, 0.29) is 18.3 Å². The van der Waals surface area contributed by atoms with Gasteiger partial charge in [0.25, 0.3) is 5.91 Å². The van der Waals surface area contributed by atoms with Gasteiger partial charge in [-0.3, -0.25) is 9.59 Å². The van der Waals surface area contributed by atoms with Crippen LogP contribution in [-0.4, -0.2) is 18.5 Å². The second-order valence-electron chi connectivity index (χ2n) is 5.43. The lowest BCUT2D eigenvalue weighted by Crippen LogP contribution is -2.31. The number of carbonyl (C=O) groups is 2. The van der Waals surface area contributed by atoms with Gasteiger partial charge in [-0.1, -0.05) is 41.4 Å². The minimum absolute atomic E-state index is 0.0318. The molecule has 0 unspecified atom stereocenters. The van der Waals surface area contributed by atoms with Crippen molar-refractivity contribution in [3.05, 3.63) is 69.5 Å². The first-order valence-corrected chi connectivity index (χ1v) is 8.25. The van der Waals surface area contributed by atoms with E-state index in [0.717, 1.165) is 5.56 Å². The Balaban J connectivity index is 1.80. The van der Waals surface area contributed by atoms with Crippen molar-refractivity contribution in [3.8, 4) is 0 Å². The highest BCUT2D eigenvalue weighted by atomic mass is 35.5.